The number of allylic oxidation sites excluding steroid dienone is 1. The lowest BCUT2D eigenvalue weighted by Crippen LogP contribution is -2.25. The molecule has 0 atom stereocenters. The van der Waals surface area contributed by atoms with Crippen LogP contribution < -0.4 is 15.9 Å². The van der Waals surface area contributed by atoms with E-state index in [2.05, 4.69) is 36.4 Å². The second kappa shape index (κ2) is 9.55. The van der Waals surface area contributed by atoms with Gasteiger partial charge in [0, 0.05) is 22.8 Å². The highest BCUT2D eigenvalue weighted by Crippen LogP contribution is 2.48. The van der Waals surface area contributed by atoms with Crippen molar-refractivity contribution in [1.82, 2.24) is 0 Å². The van der Waals surface area contributed by atoms with Gasteiger partial charge in [0.1, 0.15) is 5.70 Å². The Balaban J connectivity index is 2.11. The van der Waals surface area contributed by atoms with Crippen molar-refractivity contribution in [3.63, 3.8) is 0 Å². The van der Waals surface area contributed by atoms with E-state index < -0.39 is 7.05 Å². The van der Waals surface area contributed by atoms with Crippen molar-refractivity contribution < 1.29 is 4.79 Å². The zero-order chi connectivity index (χ0) is 21.5. The molecule has 0 amide bonds. The van der Waals surface area contributed by atoms with Crippen LogP contribution in [0.15, 0.2) is 132 Å². The molecule has 0 heterocycles. The number of hydrogen-bond donors (Lipinski definition) is 0. The summed E-state index contributed by atoms with van der Waals surface area (Å²) in [6.07, 6.45) is 1.89. The summed E-state index contributed by atoms with van der Waals surface area (Å²) in [7, 11) is -2.46. The zero-order valence-corrected chi connectivity index (χ0v) is 18.3. The molecule has 2 nitrogen and oxygen atoms in total. The zero-order valence-electron chi connectivity index (χ0n) is 17.4. The summed E-state index contributed by atoms with van der Waals surface area (Å²) >= 11 is 0. The minimum absolute atomic E-state index is 0.0454. The molecule has 0 unspecified atom stereocenters. The normalized spacial score (nSPS) is 11.7. The third-order valence-electron chi connectivity index (χ3n) is 5.11. The Labute approximate surface area is 184 Å². The van der Waals surface area contributed by atoms with E-state index in [0.29, 0.717) is 5.70 Å². The van der Waals surface area contributed by atoms with Crippen LogP contribution in [0.25, 0.3) is 6.08 Å². The number of carbonyl (C=O) groups is 1. The Morgan fingerprint density at radius 3 is 1.32 bits per heavy atom. The Morgan fingerprint density at radius 1 is 0.613 bits per heavy atom. The van der Waals surface area contributed by atoms with Crippen molar-refractivity contribution in [2.45, 2.75) is 6.92 Å². The Morgan fingerprint density at radius 2 is 0.968 bits per heavy atom. The molecule has 0 bridgehead atoms. The number of nitrogens with zero attached hydrogens (tertiary/aromatic N) is 1. The smallest absolute Gasteiger partial charge is 0.178 e. The largest absolute Gasteiger partial charge is 0.293 e. The summed E-state index contributed by atoms with van der Waals surface area (Å²) in [6, 6.07) is 40.9. The van der Waals surface area contributed by atoms with Gasteiger partial charge in [-0.1, -0.05) is 121 Å². The number of rotatable bonds is 6. The molecular weight excluding hydrogens is 397 g/mol. The van der Waals surface area contributed by atoms with Crippen LogP contribution >= 0.6 is 7.05 Å². The molecule has 0 aromatic heterocycles. The van der Waals surface area contributed by atoms with Crippen molar-refractivity contribution >= 4 is 34.8 Å². The van der Waals surface area contributed by atoms with Crippen LogP contribution in [0.1, 0.15) is 12.5 Å². The third kappa shape index (κ3) is 4.50. The minimum atomic E-state index is -2.46. The lowest BCUT2D eigenvalue weighted by molar-refractivity contribution is -0.113. The van der Waals surface area contributed by atoms with Crippen LogP contribution in [-0.4, -0.2) is 5.78 Å². The predicted octanol–water partition coefficient (Wildman–Crippen LogP) is 5.79. The molecule has 0 radical (unpaired) electrons. The van der Waals surface area contributed by atoms with Gasteiger partial charge in [-0.05, 0) is 11.6 Å². The topological polar surface area (TPSA) is 29.4 Å². The lowest BCUT2D eigenvalue weighted by atomic mass is 10.2. The summed E-state index contributed by atoms with van der Waals surface area (Å²) in [5, 5.41) is 3.35. The molecule has 4 aromatic rings. The molecule has 0 saturated heterocycles. The highest BCUT2D eigenvalue weighted by molar-refractivity contribution is 7.87. The predicted molar refractivity (Wildman–Crippen MR) is 133 cm³/mol. The summed E-state index contributed by atoms with van der Waals surface area (Å²) < 4.78 is 5.34. The molecule has 0 aliphatic rings. The first kappa shape index (κ1) is 20.8. The first-order valence-electron chi connectivity index (χ1n) is 10.3. The van der Waals surface area contributed by atoms with E-state index in [1.54, 1.807) is 6.92 Å². The van der Waals surface area contributed by atoms with Gasteiger partial charge < -0.3 is 0 Å². The van der Waals surface area contributed by atoms with Gasteiger partial charge in [-0.15, -0.1) is 0 Å². The summed E-state index contributed by atoms with van der Waals surface area (Å²) in [6.45, 7) is 1.59. The SMILES string of the molecule is CC(=O)/C(=C/c1ccccc1)N=P(c1ccccc1)(c1ccccc1)c1ccccc1. The second-order valence-corrected chi connectivity index (χ2v) is 10.3. The highest BCUT2D eigenvalue weighted by Gasteiger charge is 2.28. The molecule has 4 rings (SSSR count). The highest BCUT2D eigenvalue weighted by atomic mass is 31.2. The van der Waals surface area contributed by atoms with Gasteiger partial charge in [-0.25, -0.2) is 0 Å². The number of hydrogen-bond acceptors (Lipinski definition) is 2. The molecule has 4 aromatic carbocycles. The fourth-order valence-electron chi connectivity index (χ4n) is 3.62. The van der Waals surface area contributed by atoms with Crippen molar-refractivity contribution in [3.8, 4) is 0 Å². The van der Waals surface area contributed by atoms with Crippen molar-refractivity contribution in [2.24, 2.45) is 4.74 Å². The van der Waals surface area contributed by atoms with E-state index in [1.165, 1.54) is 0 Å². The van der Waals surface area contributed by atoms with Crippen LogP contribution in [0.4, 0.5) is 0 Å². The molecule has 0 fully saturated rings. The maximum absolute atomic E-state index is 12.8. The average molecular weight is 421 g/mol. The van der Waals surface area contributed by atoms with E-state index >= 15 is 0 Å². The Kier molecular flexibility index (Phi) is 6.40. The first-order valence-corrected chi connectivity index (χ1v) is 12.0. The molecule has 0 aliphatic heterocycles. The summed E-state index contributed by atoms with van der Waals surface area (Å²) in [5.41, 5.74) is 1.44. The van der Waals surface area contributed by atoms with Crippen LogP contribution in [0.2, 0.25) is 0 Å². The lowest BCUT2D eigenvalue weighted by Gasteiger charge is -2.27. The van der Waals surface area contributed by atoms with Crippen LogP contribution in [-0.2, 0) is 4.79 Å². The monoisotopic (exact) mass is 421 g/mol. The molecule has 152 valence electrons. The first-order chi connectivity index (χ1) is 15.2. The molecule has 0 N–H and O–H groups in total. The summed E-state index contributed by atoms with van der Waals surface area (Å²) in [4.78, 5) is 12.8. The Bertz CT molecular complexity index is 1130. The second-order valence-electron chi connectivity index (χ2n) is 7.24. The van der Waals surface area contributed by atoms with Crippen molar-refractivity contribution in [2.75, 3.05) is 0 Å². The molecule has 0 saturated carbocycles. The maximum atomic E-state index is 12.8. The standard InChI is InChI=1S/C28H24NOP/c1-23(30)28(22-24-14-6-2-7-15-24)29-31(25-16-8-3-9-17-25,26-18-10-4-11-19-26)27-20-12-5-13-21-27/h2-22H,1H3/b28-22-. The molecule has 0 aliphatic carbocycles. The van der Waals surface area contributed by atoms with Crippen LogP contribution in [0.3, 0.4) is 0 Å². The number of carbonyl (C=O) groups excluding carboxylic acids is 1. The summed E-state index contributed by atoms with van der Waals surface area (Å²) in [5.74, 6) is -0.0454. The van der Waals surface area contributed by atoms with E-state index in [-0.39, 0.29) is 5.78 Å². The van der Waals surface area contributed by atoms with Gasteiger partial charge in [0.2, 0.25) is 0 Å². The van der Waals surface area contributed by atoms with Gasteiger partial charge in [-0.2, -0.15) is 0 Å². The van der Waals surface area contributed by atoms with Crippen molar-refractivity contribution in [3.05, 3.63) is 133 Å². The van der Waals surface area contributed by atoms with E-state index in [4.69, 9.17) is 4.74 Å². The molecule has 0 spiro atoms. The van der Waals surface area contributed by atoms with Crippen LogP contribution in [0, 0.1) is 0 Å². The quantitative estimate of drug-likeness (QED) is 0.286. The van der Waals surface area contributed by atoms with Gasteiger partial charge in [-0.3, -0.25) is 9.54 Å². The maximum Gasteiger partial charge on any atom is 0.178 e. The number of ketones is 1. The van der Waals surface area contributed by atoms with E-state index in [1.807, 2.05) is 91.0 Å². The minimum Gasteiger partial charge on any atom is -0.293 e. The molecule has 3 heteroatoms. The Hall–Kier alpha value is -3.48. The number of benzene rings is 4. The van der Waals surface area contributed by atoms with Gasteiger partial charge >= 0.3 is 0 Å². The van der Waals surface area contributed by atoms with Gasteiger partial charge in [0.25, 0.3) is 0 Å². The van der Waals surface area contributed by atoms with E-state index in [9.17, 15) is 4.79 Å². The molecule has 31 heavy (non-hydrogen) atoms. The average Bonchev–Trinajstić information content (AvgIpc) is 2.84. The number of Topliss-reactive ketones (excluding diaryl/α,β-unsaturated/α-hetero) is 1. The molecular formula is C28H24NOP. The third-order valence-corrected chi connectivity index (χ3v) is 8.76. The fourth-order valence-corrected chi connectivity index (χ4v) is 7.19. The van der Waals surface area contributed by atoms with Crippen molar-refractivity contribution in [1.29, 1.82) is 0 Å². The van der Waals surface area contributed by atoms with Gasteiger partial charge in [0.05, 0.1) is 7.05 Å². The van der Waals surface area contributed by atoms with E-state index in [0.717, 1.165) is 21.5 Å². The fraction of sp³-hybridized carbons (Fsp3) is 0.0357. The van der Waals surface area contributed by atoms with Gasteiger partial charge in [0.15, 0.2) is 5.78 Å². The van der Waals surface area contributed by atoms with Crippen LogP contribution in [0.5, 0.6) is 0 Å².